The van der Waals surface area contributed by atoms with Crippen LogP contribution in [0.1, 0.15) is 76.2 Å². The molecule has 1 atom stereocenters. The largest absolute Gasteiger partial charge is 0.346 e. The molecule has 4 nitrogen and oxygen atoms in total. The van der Waals surface area contributed by atoms with Crippen molar-refractivity contribution in [2.45, 2.75) is 77.8 Å². The highest BCUT2D eigenvalue weighted by Crippen LogP contribution is 2.22. The molecule has 4 heteroatoms. The lowest BCUT2D eigenvalue weighted by Gasteiger charge is -2.16. The first-order valence-corrected chi connectivity index (χ1v) is 11.5. The minimum atomic E-state index is -0.110. The van der Waals surface area contributed by atoms with Crippen LogP contribution in [0, 0.1) is 0 Å². The van der Waals surface area contributed by atoms with Crippen LogP contribution in [0.25, 0.3) is 11.0 Å². The van der Waals surface area contributed by atoms with Gasteiger partial charge in [-0.2, -0.15) is 0 Å². The molecule has 1 amide bonds. The number of nitrogens with zero attached hydrogens (tertiary/aromatic N) is 2. The van der Waals surface area contributed by atoms with Crippen molar-refractivity contribution < 1.29 is 4.79 Å². The molecule has 0 aliphatic rings. The Morgan fingerprint density at radius 3 is 2.47 bits per heavy atom. The number of para-hydroxylation sites is 2. The number of carbonyl (C=O) groups excluding carboxylic acids is 1. The normalized spacial score (nSPS) is 12.2. The summed E-state index contributed by atoms with van der Waals surface area (Å²) in [6.45, 7) is 5.24. The van der Waals surface area contributed by atoms with Crippen LogP contribution in [0.3, 0.4) is 0 Å². The van der Waals surface area contributed by atoms with Crippen LogP contribution in [0.2, 0.25) is 0 Å². The van der Waals surface area contributed by atoms with E-state index in [0.717, 1.165) is 36.2 Å². The quantitative estimate of drug-likeness (QED) is 0.364. The number of aromatic nitrogens is 2. The fraction of sp³-hybridized carbons (Fsp3) is 0.462. The maximum atomic E-state index is 12.5. The number of amides is 1. The zero-order chi connectivity index (χ0) is 21.2. The zero-order valence-corrected chi connectivity index (χ0v) is 18.4. The fourth-order valence-electron chi connectivity index (χ4n) is 3.99. The van der Waals surface area contributed by atoms with Crippen LogP contribution in [0.15, 0.2) is 54.6 Å². The second-order valence-corrected chi connectivity index (χ2v) is 8.15. The third kappa shape index (κ3) is 6.19. The lowest BCUT2D eigenvalue weighted by atomic mass is 10.1. The summed E-state index contributed by atoms with van der Waals surface area (Å²) in [7, 11) is 0. The Kier molecular flexibility index (Phi) is 8.49. The summed E-state index contributed by atoms with van der Waals surface area (Å²) < 4.78 is 2.30. The second-order valence-electron chi connectivity index (χ2n) is 8.15. The first-order chi connectivity index (χ1) is 14.7. The molecule has 0 spiro atoms. The summed E-state index contributed by atoms with van der Waals surface area (Å²) in [4.78, 5) is 17.4. The van der Waals surface area contributed by atoms with Crippen LogP contribution in [0.4, 0.5) is 0 Å². The Morgan fingerprint density at radius 1 is 0.967 bits per heavy atom. The Bertz CT molecular complexity index is 916. The number of aryl methyl sites for hydroxylation is 2. The van der Waals surface area contributed by atoms with E-state index in [1.165, 1.54) is 37.7 Å². The molecule has 1 aromatic heterocycles. The highest BCUT2D eigenvalue weighted by Gasteiger charge is 2.18. The first-order valence-electron chi connectivity index (χ1n) is 11.5. The average molecular weight is 406 g/mol. The number of rotatable bonds is 12. The van der Waals surface area contributed by atoms with Crippen LogP contribution >= 0.6 is 0 Å². The number of carbonyl (C=O) groups is 1. The van der Waals surface area contributed by atoms with Crippen LogP contribution in [-0.4, -0.2) is 15.5 Å². The monoisotopic (exact) mass is 405 g/mol. The minimum absolute atomic E-state index is 0.0736. The van der Waals surface area contributed by atoms with E-state index >= 15 is 0 Å². The van der Waals surface area contributed by atoms with Crippen LogP contribution in [-0.2, 0) is 17.8 Å². The molecule has 0 saturated carbocycles. The molecule has 1 unspecified atom stereocenters. The predicted octanol–water partition coefficient (Wildman–Crippen LogP) is 6.21. The number of hydrogen-bond donors (Lipinski definition) is 1. The Labute approximate surface area is 180 Å². The second kappa shape index (κ2) is 11.5. The van der Waals surface area contributed by atoms with Gasteiger partial charge in [-0.25, -0.2) is 4.98 Å². The molecule has 2 aromatic carbocycles. The minimum Gasteiger partial charge on any atom is -0.346 e. The van der Waals surface area contributed by atoms with Gasteiger partial charge >= 0.3 is 0 Å². The molecule has 1 heterocycles. The fourth-order valence-corrected chi connectivity index (χ4v) is 3.99. The van der Waals surface area contributed by atoms with E-state index in [9.17, 15) is 4.79 Å². The standard InChI is InChI=1S/C26H35N3O/c1-3-4-5-6-7-13-20-29-24-17-12-11-16-23(24)28-26(29)21(2)27-25(30)19-18-22-14-9-8-10-15-22/h8-12,14-17,21H,3-7,13,18-20H2,1-2H3,(H,27,30). The van der Waals surface area contributed by atoms with E-state index in [2.05, 4.69) is 47.1 Å². The highest BCUT2D eigenvalue weighted by atomic mass is 16.1. The van der Waals surface area contributed by atoms with Crippen molar-refractivity contribution in [3.8, 4) is 0 Å². The van der Waals surface area contributed by atoms with E-state index in [1.807, 2.05) is 31.2 Å². The number of fused-ring (bicyclic) bond motifs is 1. The molecule has 0 aliphatic heterocycles. The Balaban J connectivity index is 1.62. The molecule has 0 fully saturated rings. The number of unbranched alkanes of at least 4 members (excludes halogenated alkanes) is 5. The third-order valence-corrected chi connectivity index (χ3v) is 5.67. The highest BCUT2D eigenvalue weighted by molar-refractivity contribution is 5.78. The maximum absolute atomic E-state index is 12.5. The van der Waals surface area contributed by atoms with Gasteiger partial charge in [-0.3, -0.25) is 4.79 Å². The topological polar surface area (TPSA) is 46.9 Å². The van der Waals surface area contributed by atoms with Crippen molar-refractivity contribution in [3.05, 3.63) is 66.0 Å². The summed E-state index contributed by atoms with van der Waals surface area (Å²) in [6.07, 6.45) is 8.85. The van der Waals surface area contributed by atoms with Gasteiger partial charge in [0.15, 0.2) is 0 Å². The maximum Gasteiger partial charge on any atom is 0.220 e. The lowest BCUT2D eigenvalue weighted by molar-refractivity contribution is -0.121. The summed E-state index contributed by atoms with van der Waals surface area (Å²) in [6, 6.07) is 18.3. The number of hydrogen-bond acceptors (Lipinski definition) is 2. The van der Waals surface area contributed by atoms with Gasteiger partial charge in [0.1, 0.15) is 5.82 Å². The molecule has 30 heavy (non-hydrogen) atoms. The van der Waals surface area contributed by atoms with Gasteiger partial charge in [-0.1, -0.05) is 81.5 Å². The molecule has 0 bridgehead atoms. The number of imidazole rings is 1. The molecule has 0 aliphatic carbocycles. The molecule has 1 N–H and O–H groups in total. The molecule has 3 rings (SSSR count). The Hall–Kier alpha value is -2.62. The lowest BCUT2D eigenvalue weighted by Crippen LogP contribution is -2.29. The predicted molar refractivity (Wildman–Crippen MR) is 124 cm³/mol. The Morgan fingerprint density at radius 2 is 1.67 bits per heavy atom. The smallest absolute Gasteiger partial charge is 0.220 e. The van der Waals surface area contributed by atoms with Crippen LogP contribution in [0.5, 0.6) is 0 Å². The summed E-state index contributed by atoms with van der Waals surface area (Å²) in [5.41, 5.74) is 3.35. The zero-order valence-electron chi connectivity index (χ0n) is 18.4. The average Bonchev–Trinajstić information content (AvgIpc) is 3.14. The van der Waals surface area contributed by atoms with Crippen molar-refractivity contribution in [2.75, 3.05) is 0 Å². The molecule has 3 aromatic rings. The van der Waals surface area contributed by atoms with E-state index < -0.39 is 0 Å². The van der Waals surface area contributed by atoms with Gasteiger partial charge in [0.2, 0.25) is 5.91 Å². The molecule has 160 valence electrons. The summed E-state index contributed by atoms with van der Waals surface area (Å²) in [5.74, 6) is 1.03. The van der Waals surface area contributed by atoms with Gasteiger partial charge in [0.25, 0.3) is 0 Å². The molecule has 0 radical (unpaired) electrons. The van der Waals surface area contributed by atoms with Crippen molar-refractivity contribution >= 4 is 16.9 Å². The van der Waals surface area contributed by atoms with Gasteiger partial charge in [-0.15, -0.1) is 0 Å². The van der Waals surface area contributed by atoms with Crippen molar-refractivity contribution in [1.29, 1.82) is 0 Å². The van der Waals surface area contributed by atoms with E-state index in [4.69, 9.17) is 4.98 Å². The van der Waals surface area contributed by atoms with E-state index in [1.54, 1.807) is 0 Å². The van der Waals surface area contributed by atoms with Crippen molar-refractivity contribution in [1.82, 2.24) is 14.9 Å². The van der Waals surface area contributed by atoms with Crippen LogP contribution < -0.4 is 5.32 Å². The SMILES string of the molecule is CCCCCCCCn1c(C(C)NC(=O)CCc2ccccc2)nc2ccccc21. The van der Waals surface area contributed by atoms with Gasteiger partial charge in [-0.05, 0) is 37.5 Å². The van der Waals surface area contributed by atoms with Gasteiger partial charge < -0.3 is 9.88 Å². The molecular weight excluding hydrogens is 370 g/mol. The molecule has 0 saturated heterocycles. The van der Waals surface area contributed by atoms with Crippen molar-refractivity contribution in [3.63, 3.8) is 0 Å². The summed E-state index contributed by atoms with van der Waals surface area (Å²) in [5, 5.41) is 3.16. The van der Waals surface area contributed by atoms with Gasteiger partial charge in [0.05, 0.1) is 17.1 Å². The third-order valence-electron chi connectivity index (χ3n) is 5.67. The van der Waals surface area contributed by atoms with E-state index in [-0.39, 0.29) is 11.9 Å². The summed E-state index contributed by atoms with van der Waals surface area (Å²) >= 11 is 0. The number of benzene rings is 2. The van der Waals surface area contributed by atoms with Gasteiger partial charge in [0, 0.05) is 13.0 Å². The van der Waals surface area contributed by atoms with Crippen molar-refractivity contribution in [2.24, 2.45) is 0 Å². The van der Waals surface area contributed by atoms with E-state index in [0.29, 0.717) is 6.42 Å². The first kappa shape index (κ1) is 22.1. The molecular formula is C26H35N3O. The number of nitrogens with one attached hydrogen (secondary N) is 1.